The van der Waals surface area contributed by atoms with E-state index < -0.39 is 0 Å². The first-order valence-corrected chi connectivity index (χ1v) is 9.42. The van der Waals surface area contributed by atoms with Crippen molar-refractivity contribution < 1.29 is 0 Å². The van der Waals surface area contributed by atoms with Crippen molar-refractivity contribution in [2.24, 2.45) is 0 Å². The van der Waals surface area contributed by atoms with Crippen LogP contribution in [0.4, 0.5) is 0 Å². The van der Waals surface area contributed by atoms with Crippen molar-refractivity contribution in [2.45, 2.75) is 32.7 Å². The van der Waals surface area contributed by atoms with E-state index in [0.717, 1.165) is 40.9 Å². The standard InChI is InChI=1S/C20H22BrN3O/c1-3-4-13-22-14(2)19-23-18-8-6-5-7-17(18)20(25)24(19)16-11-9-15(21)10-12-16/h5-12,14,22H,3-4,13H2,1-2H3/t14-/m0/s1. The molecular formula is C20H22BrN3O. The minimum absolute atomic E-state index is 0.0208. The van der Waals surface area contributed by atoms with Crippen LogP contribution in [0.2, 0.25) is 0 Å². The molecule has 0 saturated carbocycles. The SMILES string of the molecule is CCCCN[C@@H](C)c1nc2ccccc2c(=O)n1-c1ccc(Br)cc1. The molecule has 25 heavy (non-hydrogen) atoms. The van der Waals surface area contributed by atoms with E-state index in [0.29, 0.717) is 5.39 Å². The third kappa shape index (κ3) is 3.83. The van der Waals surface area contributed by atoms with Gasteiger partial charge >= 0.3 is 0 Å². The Labute approximate surface area is 156 Å². The summed E-state index contributed by atoms with van der Waals surface area (Å²) < 4.78 is 2.70. The second-order valence-electron chi connectivity index (χ2n) is 6.13. The molecule has 0 aliphatic rings. The predicted octanol–water partition coefficient (Wildman–Crippen LogP) is 4.60. The molecule has 0 bridgehead atoms. The van der Waals surface area contributed by atoms with Crippen molar-refractivity contribution in [2.75, 3.05) is 6.54 Å². The molecule has 0 spiro atoms. The molecule has 0 amide bonds. The minimum Gasteiger partial charge on any atom is -0.308 e. The van der Waals surface area contributed by atoms with Gasteiger partial charge < -0.3 is 5.32 Å². The van der Waals surface area contributed by atoms with Crippen LogP contribution < -0.4 is 10.9 Å². The number of hydrogen-bond acceptors (Lipinski definition) is 3. The van der Waals surface area contributed by atoms with Gasteiger partial charge in [-0.05, 0) is 56.3 Å². The Hall–Kier alpha value is -1.98. The summed E-state index contributed by atoms with van der Waals surface area (Å²) >= 11 is 3.45. The molecule has 0 saturated heterocycles. The molecule has 2 aromatic carbocycles. The highest BCUT2D eigenvalue weighted by Gasteiger charge is 2.17. The number of hydrogen-bond donors (Lipinski definition) is 1. The molecule has 1 aromatic heterocycles. The number of benzene rings is 2. The van der Waals surface area contributed by atoms with Crippen LogP contribution in [0.25, 0.3) is 16.6 Å². The summed E-state index contributed by atoms with van der Waals surface area (Å²) in [6.07, 6.45) is 2.23. The second-order valence-corrected chi connectivity index (χ2v) is 7.05. The number of unbranched alkanes of at least 4 members (excludes halogenated alkanes) is 1. The summed E-state index contributed by atoms with van der Waals surface area (Å²) in [5, 5.41) is 4.12. The summed E-state index contributed by atoms with van der Waals surface area (Å²) in [4.78, 5) is 18.0. The maximum atomic E-state index is 13.2. The smallest absolute Gasteiger partial charge is 0.266 e. The summed E-state index contributed by atoms with van der Waals surface area (Å²) in [7, 11) is 0. The topological polar surface area (TPSA) is 46.9 Å². The van der Waals surface area contributed by atoms with Gasteiger partial charge in [0.05, 0.1) is 22.6 Å². The molecule has 0 aliphatic heterocycles. The number of rotatable bonds is 6. The van der Waals surface area contributed by atoms with Crippen LogP contribution >= 0.6 is 15.9 Å². The summed E-state index contributed by atoms with van der Waals surface area (Å²) in [5.41, 5.74) is 1.53. The Bertz CT molecular complexity index is 918. The molecule has 0 radical (unpaired) electrons. The van der Waals surface area contributed by atoms with E-state index in [1.54, 1.807) is 4.57 Å². The van der Waals surface area contributed by atoms with Gasteiger partial charge in [0.1, 0.15) is 5.82 Å². The number of aromatic nitrogens is 2. The van der Waals surface area contributed by atoms with E-state index in [1.165, 1.54) is 0 Å². The average molecular weight is 400 g/mol. The monoisotopic (exact) mass is 399 g/mol. The molecular weight excluding hydrogens is 378 g/mol. The molecule has 0 aliphatic carbocycles. The van der Waals surface area contributed by atoms with Gasteiger partial charge in [0.15, 0.2) is 0 Å². The molecule has 5 heteroatoms. The van der Waals surface area contributed by atoms with Crippen molar-refractivity contribution in [3.8, 4) is 5.69 Å². The van der Waals surface area contributed by atoms with E-state index in [-0.39, 0.29) is 11.6 Å². The first kappa shape index (κ1) is 17.8. The van der Waals surface area contributed by atoms with E-state index >= 15 is 0 Å². The van der Waals surface area contributed by atoms with Crippen LogP contribution in [0, 0.1) is 0 Å². The van der Waals surface area contributed by atoms with E-state index in [1.807, 2.05) is 48.5 Å². The highest BCUT2D eigenvalue weighted by Crippen LogP contribution is 2.19. The fourth-order valence-electron chi connectivity index (χ4n) is 2.87. The zero-order valence-corrected chi connectivity index (χ0v) is 16.1. The lowest BCUT2D eigenvalue weighted by atomic mass is 10.2. The van der Waals surface area contributed by atoms with Crippen molar-refractivity contribution in [1.29, 1.82) is 0 Å². The van der Waals surface area contributed by atoms with Crippen molar-refractivity contribution >= 4 is 26.8 Å². The quantitative estimate of drug-likeness (QED) is 0.616. The molecule has 0 fully saturated rings. The predicted molar refractivity (Wildman–Crippen MR) is 106 cm³/mol. The summed E-state index contributed by atoms with van der Waals surface area (Å²) in [6.45, 7) is 5.13. The minimum atomic E-state index is -0.0351. The Morgan fingerprint density at radius 2 is 1.88 bits per heavy atom. The lowest BCUT2D eigenvalue weighted by Gasteiger charge is -2.19. The molecule has 1 N–H and O–H groups in total. The molecule has 4 nitrogen and oxygen atoms in total. The van der Waals surface area contributed by atoms with Gasteiger partial charge in [-0.15, -0.1) is 0 Å². The number of halogens is 1. The maximum Gasteiger partial charge on any atom is 0.266 e. The summed E-state index contributed by atoms with van der Waals surface area (Å²) in [6, 6.07) is 15.2. The normalized spacial score (nSPS) is 12.4. The van der Waals surface area contributed by atoms with Gasteiger partial charge in [-0.1, -0.05) is 41.4 Å². The zero-order chi connectivity index (χ0) is 17.8. The lowest BCUT2D eigenvalue weighted by molar-refractivity contribution is 0.520. The fraction of sp³-hybridized carbons (Fsp3) is 0.300. The van der Waals surface area contributed by atoms with Gasteiger partial charge in [0, 0.05) is 4.47 Å². The van der Waals surface area contributed by atoms with Crippen LogP contribution in [0.15, 0.2) is 57.8 Å². The number of para-hydroxylation sites is 1. The molecule has 1 heterocycles. The van der Waals surface area contributed by atoms with Gasteiger partial charge in [-0.25, -0.2) is 4.98 Å². The second kappa shape index (κ2) is 7.93. The molecule has 130 valence electrons. The number of nitrogens with one attached hydrogen (secondary N) is 1. The highest BCUT2D eigenvalue weighted by molar-refractivity contribution is 9.10. The van der Waals surface area contributed by atoms with E-state index in [2.05, 4.69) is 35.1 Å². The van der Waals surface area contributed by atoms with Crippen LogP contribution in [0.3, 0.4) is 0 Å². The third-order valence-corrected chi connectivity index (χ3v) is 4.78. The Morgan fingerprint density at radius 1 is 1.16 bits per heavy atom. The van der Waals surface area contributed by atoms with Crippen LogP contribution in [-0.4, -0.2) is 16.1 Å². The van der Waals surface area contributed by atoms with Crippen molar-refractivity contribution in [1.82, 2.24) is 14.9 Å². The van der Waals surface area contributed by atoms with Crippen LogP contribution in [0.1, 0.15) is 38.6 Å². The van der Waals surface area contributed by atoms with Crippen molar-refractivity contribution in [3.63, 3.8) is 0 Å². The Morgan fingerprint density at radius 3 is 2.60 bits per heavy atom. The fourth-order valence-corrected chi connectivity index (χ4v) is 3.13. The molecule has 3 aromatic rings. The van der Waals surface area contributed by atoms with Gasteiger partial charge in [-0.3, -0.25) is 9.36 Å². The Balaban J connectivity index is 2.17. The lowest BCUT2D eigenvalue weighted by Crippen LogP contribution is -2.30. The highest BCUT2D eigenvalue weighted by atomic mass is 79.9. The summed E-state index contributed by atoms with van der Waals surface area (Å²) in [5.74, 6) is 0.738. The van der Waals surface area contributed by atoms with Gasteiger partial charge in [0.25, 0.3) is 5.56 Å². The number of nitrogens with zero attached hydrogens (tertiary/aromatic N) is 2. The van der Waals surface area contributed by atoms with Gasteiger partial charge in [-0.2, -0.15) is 0 Å². The first-order valence-electron chi connectivity index (χ1n) is 8.63. The molecule has 3 rings (SSSR count). The van der Waals surface area contributed by atoms with Crippen LogP contribution in [0.5, 0.6) is 0 Å². The zero-order valence-electron chi connectivity index (χ0n) is 14.5. The van der Waals surface area contributed by atoms with E-state index in [4.69, 9.17) is 4.98 Å². The Kier molecular flexibility index (Phi) is 5.66. The first-order chi connectivity index (χ1) is 12.1. The molecule has 1 atom stereocenters. The number of fused-ring (bicyclic) bond motifs is 1. The van der Waals surface area contributed by atoms with Gasteiger partial charge in [0.2, 0.25) is 0 Å². The van der Waals surface area contributed by atoms with Crippen molar-refractivity contribution in [3.05, 3.63) is 69.2 Å². The van der Waals surface area contributed by atoms with Crippen LogP contribution in [-0.2, 0) is 0 Å². The largest absolute Gasteiger partial charge is 0.308 e. The maximum absolute atomic E-state index is 13.2. The van der Waals surface area contributed by atoms with E-state index in [9.17, 15) is 4.79 Å². The molecule has 0 unspecified atom stereocenters. The average Bonchev–Trinajstić information content (AvgIpc) is 2.63. The third-order valence-electron chi connectivity index (χ3n) is 4.25.